The van der Waals surface area contributed by atoms with Crippen LogP contribution < -0.4 is 0 Å². The molecule has 0 fully saturated rings. The lowest BCUT2D eigenvalue weighted by molar-refractivity contribution is 0.0531. The first kappa shape index (κ1) is 9.96. The van der Waals surface area contributed by atoms with E-state index in [-0.39, 0.29) is 21.6 Å². The van der Waals surface area contributed by atoms with Gasteiger partial charge in [0.15, 0.2) is 15.0 Å². The van der Waals surface area contributed by atoms with E-state index in [4.69, 9.17) is 21.6 Å². The van der Waals surface area contributed by atoms with Crippen LogP contribution in [-0.2, 0) is 4.74 Å². The van der Waals surface area contributed by atoms with E-state index in [1.807, 2.05) is 0 Å². The molecule has 0 bridgehead atoms. The topological polar surface area (TPSA) is 63.0 Å². The molecule has 0 N–H and O–H groups in total. The van der Waals surface area contributed by atoms with Crippen molar-refractivity contribution in [2.75, 3.05) is 6.61 Å². The van der Waals surface area contributed by atoms with Crippen molar-refractivity contribution in [1.82, 2.24) is 4.98 Å². The van der Waals surface area contributed by atoms with E-state index < -0.39 is 5.97 Å². The zero-order valence-electron chi connectivity index (χ0n) is 6.70. The number of thiazole rings is 1. The van der Waals surface area contributed by atoms with Crippen LogP contribution in [0.15, 0.2) is 0 Å². The maximum Gasteiger partial charge on any atom is 0.351 e. The number of rotatable bonds is 2. The van der Waals surface area contributed by atoms with Crippen LogP contribution in [0.3, 0.4) is 0 Å². The van der Waals surface area contributed by atoms with Crippen LogP contribution in [0.5, 0.6) is 0 Å². The third-order valence-corrected chi connectivity index (χ3v) is 2.31. The van der Waals surface area contributed by atoms with Crippen molar-refractivity contribution in [3.63, 3.8) is 0 Å². The van der Waals surface area contributed by atoms with E-state index in [2.05, 4.69) is 4.98 Å². The van der Waals surface area contributed by atoms with Crippen molar-refractivity contribution in [2.45, 2.75) is 6.92 Å². The van der Waals surface area contributed by atoms with Crippen LogP contribution in [0.2, 0.25) is 4.47 Å². The lowest BCUT2D eigenvalue weighted by Crippen LogP contribution is -2.04. The van der Waals surface area contributed by atoms with Gasteiger partial charge in [-0.2, -0.15) is 5.26 Å². The maximum absolute atomic E-state index is 11.2. The van der Waals surface area contributed by atoms with Gasteiger partial charge < -0.3 is 4.74 Å². The zero-order chi connectivity index (χ0) is 9.84. The molecule has 0 saturated heterocycles. The number of nitriles is 1. The monoisotopic (exact) mass is 216 g/mol. The first-order valence-electron chi connectivity index (χ1n) is 3.42. The van der Waals surface area contributed by atoms with Crippen LogP contribution >= 0.6 is 22.9 Å². The summed E-state index contributed by atoms with van der Waals surface area (Å²) in [6.07, 6.45) is 0. The van der Waals surface area contributed by atoms with Gasteiger partial charge in [-0.05, 0) is 6.92 Å². The van der Waals surface area contributed by atoms with Crippen LogP contribution in [0.4, 0.5) is 0 Å². The number of ether oxygens (including phenoxy) is 1. The average Bonchev–Trinajstić information content (AvgIpc) is 2.47. The Morgan fingerprint density at radius 2 is 2.54 bits per heavy atom. The van der Waals surface area contributed by atoms with E-state index in [9.17, 15) is 4.79 Å². The van der Waals surface area contributed by atoms with Gasteiger partial charge in [-0.3, -0.25) is 0 Å². The number of esters is 1. The fourth-order valence-electron chi connectivity index (χ4n) is 0.705. The summed E-state index contributed by atoms with van der Waals surface area (Å²) < 4.78 is 4.87. The molecule has 0 unspecified atom stereocenters. The molecular formula is C7H5ClN2O2S. The molecule has 1 aromatic heterocycles. The first-order valence-corrected chi connectivity index (χ1v) is 4.62. The highest BCUT2D eigenvalue weighted by molar-refractivity contribution is 7.17. The number of hydrogen-bond acceptors (Lipinski definition) is 5. The molecule has 1 aromatic rings. The Morgan fingerprint density at radius 3 is 3.08 bits per heavy atom. The van der Waals surface area contributed by atoms with Gasteiger partial charge in [-0.15, -0.1) is 0 Å². The summed E-state index contributed by atoms with van der Waals surface area (Å²) in [6, 6.07) is 1.77. The Labute approximate surface area is 83.7 Å². The fraction of sp³-hybridized carbons (Fsp3) is 0.286. The molecule has 0 aliphatic heterocycles. The van der Waals surface area contributed by atoms with Gasteiger partial charge in [-0.1, -0.05) is 22.9 Å². The number of halogens is 1. The van der Waals surface area contributed by atoms with E-state index in [0.29, 0.717) is 0 Å². The smallest absolute Gasteiger partial charge is 0.351 e. The predicted molar refractivity (Wildman–Crippen MR) is 47.8 cm³/mol. The molecule has 0 aromatic carbocycles. The minimum Gasteiger partial charge on any atom is -0.462 e. The Morgan fingerprint density at radius 1 is 1.85 bits per heavy atom. The summed E-state index contributed by atoms with van der Waals surface area (Å²) in [4.78, 5) is 15.0. The highest BCUT2D eigenvalue weighted by Crippen LogP contribution is 2.22. The number of carbonyl (C=O) groups is 1. The summed E-state index contributed by atoms with van der Waals surface area (Å²) in [5.41, 5.74) is 0.0217. The molecule has 0 radical (unpaired) electrons. The molecule has 1 rings (SSSR count). The fourth-order valence-corrected chi connectivity index (χ4v) is 1.66. The van der Waals surface area contributed by atoms with E-state index in [1.54, 1.807) is 13.0 Å². The first-order chi connectivity index (χ1) is 6.19. The summed E-state index contributed by atoms with van der Waals surface area (Å²) in [5, 5.41) is 8.58. The van der Waals surface area contributed by atoms with Crippen LogP contribution in [0, 0.1) is 11.3 Å². The Kier molecular flexibility index (Phi) is 3.23. The average molecular weight is 217 g/mol. The minimum atomic E-state index is -0.552. The van der Waals surface area contributed by atoms with Gasteiger partial charge in [0.1, 0.15) is 6.07 Å². The summed E-state index contributed by atoms with van der Waals surface area (Å²) in [6.45, 7) is 1.95. The normalized spacial score (nSPS) is 9.31. The van der Waals surface area contributed by atoms with E-state index in [0.717, 1.165) is 11.3 Å². The van der Waals surface area contributed by atoms with Gasteiger partial charge in [0.05, 0.1) is 6.61 Å². The summed E-state index contributed by atoms with van der Waals surface area (Å²) in [7, 11) is 0. The number of nitrogens with zero attached hydrogens (tertiary/aromatic N) is 2. The molecule has 0 saturated carbocycles. The van der Waals surface area contributed by atoms with Gasteiger partial charge in [0.25, 0.3) is 0 Å². The van der Waals surface area contributed by atoms with Gasteiger partial charge >= 0.3 is 5.97 Å². The number of carbonyl (C=O) groups excluding carboxylic acids is 1. The molecule has 0 amide bonds. The van der Waals surface area contributed by atoms with E-state index >= 15 is 0 Å². The Bertz CT molecular complexity index is 369. The molecule has 13 heavy (non-hydrogen) atoms. The highest BCUT2D eigenvalue weighted by Gasteiger charge is 2.17. The van der Waals surface area contributed by atoms with Crippen LogP contribution in [-0.4, -0.2) is 17.6 Å². The molecule has 6 heteroatoms. The van der Waals surface area contributed by atoms with Gasteiger partial charge in [0, 0.05) is 0 Å². The molecule has 0 atom stereocenters. The standard InChI is InChI=1S/C7H5ClN2O2S/c1-2-12-6(11)5-4(3-9)10-7(8)13-5/h2H2,1H3. The largest absolute Gasteiger partial charge is 0.462 e. The third-order valence-electron chi connectivity index (χ3n) is 1.17. The molecule has 0 aliphatic rings. The second kappa shape index (κ2) is 4.21. The van der Waals surface area contributed by atoms with Gasteiger partial charge in [0.2, 0.25) is 0 Å². The third kappa shape index (κ3) is 2.17. The van der Waals surface area contributed by atoms with Crippen LogP contribution in [0.1, 0.15) is 22.3 Å². The minimum absolute atomic E-state index is 0.0217. The number of hydrogen-bond donors (Lipinski definition) is 0. The van der Waals surface area contributed by atoms with Gasteiger partial charge in [-0.25, -0.2) is 9.78 Å². The van der Waals surface area contributed by atoms with E-state index in [1.165, 1.54) is 0 Å². The van der Waals surface area contributed by atoms with Crippen LogP contribution in [0.25, 0.3) is 0 Å². The van der Waals surface area contributed by atoms with Crippen molar-refractivity contribution in [1.29, 1.82) is 5.26 Å². The molecule has 68 valence electrons. The molecule has 0 aliphatic carbocycles. The second-order valence-corrected chi connectivity index (χ2v) is 3.56. The summed E-state index contributed by atoms with van der Waals surface area (Å²) in [5.74, 6) is -0.552. The van der Waals surface area contributed by atoms with Crippen molar-refractivity contribution < 1.29 is 9.53 Å². The van der Waals surface area contributed by atoms with Crippen molar-refractivity contribution in [3.8, 4) is 6.07 Å². The maximum atomic E-state index is 11.2. The molecule has 0 spiro atoms. The predicted octanol–water partition coefficient (Wildman–Crippen LogP) is 1.84. The van der Waals surface area contributed by atoms with Crippen molar-refractivity contribution in [3.05, 3.63) is 15.0 Å². The van der Waals surface area contributed by atoms with Crippen molar-refractivity contribution in [2.24, 2.45) is 0 Å². The summed E-state index contributed by atoms with van der Waals surface area (Å²) >= 11 is 6.48. The highest BCUT2D eigenvalue weighted by atomic mass is 35.5. The lowest BCUT2D eigenvalue weighted by atomic mass is 10.4. The quantitative estimate of drug-likeness (QED) is 0.708. The number of aromatic nitrogens is 1. The SMILES string of the molecule is CCOC(=O)c1sc(Cl)nc1C#N. The molecule has 4 nitrogen and oxygen atoms in total. The lowest BCUT2D eigenvalue weighted by Gasteiger charge is -1.96. The Balaban J connectivity index is 3.00. The molecular weight excluding hydrogens is 212 g/mol. The molecule has 1 heterocycles. The Hall–Kier alpha value is -1.12. The second-order valence-electron chi connectivity index (χ2n) is 1.98. The zero-order valence-corrected chi connectivity index (χ0v) is 8.28. The van der Waals surface area contributed by atoms with Crippen molar-refractivity contribution >= 4 is 28.9 Å².